The summed E-state index contributed by atoms with van der Waals surface area (Å²) in [6.07, 6.45) is 0. The van der Waals surface area contributed by atoms with Crippen molar-refractivity contribution in [1.82, 2.24) is 10.0 Å². The molecule has 22 heavy (non-hydrogen) atoms. The summed E-state index contributed by atoms with van der Waals surface area (Å²) in [5.41, 5.74) is -0.789. The third-order valence-corrected chi connectivity index (χ3v) is 4.60. The van der Waals surface area contributed by atoms with Gasteiger partial charge < -0.3 is 10.4 Å². The van der Waals surface area contributed by atoms with Crippen molar-refractivity contribution in [1.29, 1.82) is 0 Å². The minimum Gasteiger partial charge on any atom is -0.480 e. The van der Waals surface area contributed by atoms with E-state index in [2.05, 4.69) is 10.0 Å². The SMILES string of the molecule is CCNS(=O)(=O)c1ccc(C)c(C(=O)NC(C)(C)C(=O)O)c1. The summed E-state index contributed by atoms with van der Waals surface area (Å²) in [7, 11) is -3.69. The fourth-order valence-electron chi connectivity index (χ4n) is 1.69. The van der Waals surface area contributed by atoms with Crippen molar-refractivity contribution in [3.63, 3.8) is 0 Å². The molecular formula is C14H20N2O5S. The first-order chi connectivity index (χ1) is 10.0. The Balaban J connectivity index is 3.21. The molecule has 0 aromatic heterocycles. The van der Waals surface area contributed by atoms with Gasteiger partial charge in [-0.05, 0) is 38.5 Å². The highest BCUT2D eigenvalue weighted by atomic mass is 32.2. The van der Waals surface area contributed by atoms with Crippen LogP contribution in [-0.4, -0.2) is 37.5 Å². The molecule has 0 fully saturated rings. The van der Waals surface area contributed by atoms with Crippen LogP contribution in [0.2, 0.25) is 0 Å². The first kappa shape index (κ1) is 18.1. The molecule has 122 valence electrons. The van der Waals surface area contributed by atoms with Gasteiger partial charge in [-0.3, -0.25) is 4.79 Å². The molecule has 1 aromatic carbocycles. The quantitative estimate of drug-likeness (QED) is 0.718. The number of hydrogen-bond acceptors (Lipinski definition) is 4. The summed E-state index contributed by atoms with van der Waals surface area (Å²) in [6.45, 7) is 6.22. The van der Waals surface area contributed by atoms with Crippen LogP contribution < -0.4 is 10.0 Å². The number of aliphatic carboxylic acids is 1. The maximum atomic E-state index is 12.2. The Bertz CT molecular complexity index is 695. The van der Waals surface area contributed by atoms with Gasteiger partial charge in [0.15, 0.2) is 0 Å². The van der Waals surface area contributed by atoms with Crippen LogP contribution in [0, 0.1) is 6.92 Å². The molecule has 0 atom stereocenters. The van der Waals surface area contributed by atoms with E-state index in [0.717, 1.165) is 0 Å². The summed E-state index contributed by atoms with van der Waals surface area (Å²) >= 11 is 0. The van der Waals surface area contributed by atoms with E-state index in [1.807, 2.05) is 0 Å². The fourth-order valence-corrected chi connectivity index (χ4v) is 2.76. The van der Waals surface area contributed by atoms with E-state index in [4.69, 9.17) is 5.11 Å². The van der Waals surface area contributed by atoms with Gasteiger partial charge in [-0.15, -0.1) is 0 Å². The van der Waals surface area contributed by atoms with Crippen molar-refractivity contribution < 1.29 is 23.1 Å². The summed E-state index contributed by atoms with van der Waals surface area (Å²) in [5, 5.41) is 11.4. The van der Waals surface area contributed by atoms with Gasteiger partial charge >= 0.3 is 5.97 Å². The predicted molar refractivity (Wildman–Crippen MR) is 81.2 cm³/mol. The highest BCUT2D eigenvalue weighted by Crippen LogP contribution is 2.17. The minimum atomic E-state index is -3.69. The summed E-state index contributed by atoms with van der Waals surface area (Å²) in [4.78, 5) is 23.3. The highest BCUT2D eigenvalue weighted by Gasteiger charge is 2.30. The Labute approximate surface area is 129 Å². The lowest BCUT2D eigenvalue weighted by Crippen LogP contribution is -2.49. The van der Waals surface area contributed by atoms with Crippen LogP contribution in [0.25, 0.3) is 0 Å². The molecule has 7 nitrogen and oxygen atoms in total. The van der Waals surface area contributed by atoms with Crippen LogP contribution in [0.5, 0.6) is 0 Å². The monoisotopic (exact) mass is 328 g/mol. The van der Waals surface area contributed by atoms with Gasteiger partial charge in [0.25, 0.3) is 5.91 Å². The Morgan fingerprint density at radius 2 is 1.86 bits per heavy atom. The van der Waals surface area contributed by atoms with E-state index in [1.165, 1.54) is 32.0 Å². The summed E-state index contributed by atoms with van der Waals surface area (Å²) in [5.74, 6) is -1.83. The molecule has 0 unspecified atom stereocenters. The van der Waals surface area contributed by atoms with E-state index in [-0.39, 0.29) is 17.0 Å². The largest absolute Gasteiger partial charge is 0.480 e. The smallest absolute Gasteiger partial charge is 0.328 e. The van der Waals surface area contributed by atoms with Gasteiger partial charge in [0.05, 0.1) is 4.90 Å². The number of carbonyl (C=O) groups is 2. The zero-order valence-electron chi connectivity index (χ0n) is 12.9. The normalized spacial score (nSPS) is 12.0. The Hall–Kier alpha value is -1.93. The number of hydrogen-bond donors (Lipinski definition) is 3. The topological polar surface area (TPSA) is 113 Å². The van der Waals surface area contributed by atoms with Crippen LogP contribution >= 0.6 is 0 Å². The van der Waals surface area contributed by atoms with Crippen LogP contribution in [-0.2, 0) is 14.8 Å². The summed E-state index contributed by atoms with van der Waals surface area (Å²) < 4.78 is 26.3. The van der Waals surface area contributed by atoms with Crippen molar-refractivity contribution in [2.45, 2.75) is 38.1 Å². The molecule has 0 radical (unpaired) electrons. The van der Waals surface area contributed by atoms with Crippen molar-refractivity contribution in [2.24, 2.45) is 0 Å². The van der Waals surface area contributed by atoms with Crippen molar-refractivity contribution in [3.8, 4) is 0 Å². The lowest BCUT2D eigenvalue weighted by molar-refractivity contribution is -0.143. The van der Waals surface area contributed by atoms with Crippen LogP contribution in [0.1, 0.15) is 36.7 Å². The third kappa shape index (κ3) is 4.05. The fraction of sp³-hybridized carbons (Fsp3) is 0.429. The lowest BCUT2D eigenvalue weighted by Gasteiger charge is -2.21. The number of carboxylic acids is 1. The Morgan fingerprint density at radius 3 is 2.36 bits per heavy atom. The number of benzene rings is 1. The number of carbonyl (C=O) groups excluding carboxylic acids is 1. The zero-order chi connectivity index (χ0) is 17.1. The number of carboxylic acid groups (broad SMARTS) is 1. The van der Waals surface area contributed by atoms with Gasteiger partial charge in [0, 0.05) is 12.1 Å². The second-order valence-electron chi connectivity index (χ2n) is 5.36. The highest BCUT2D eigenvalue weighted by molar-refractivity contribution is 7.89. The van der Waals surface area contributed by atoms with Gasteiger partial charge in [-0.2, -0.15) is 0 Å². The molecule has 8 heteroatoms. The number of rotatable bonds is 6. The maximum absolute atomic E-state index is 12.2. The number of nitrogens with one attached hydrogen (secondary N) is 2. The van der Waals surface area contributed by atoms with E-state index in [0.29, 0.717) is 5.56 Å². The molecule has 0 aliphatic heterocycles. The van der Waals surface area contributed by atoms with Crippen LogP contribution in [0.15, 0.2) is 23.1 Å². The maximum Gasteiger partial charge on any atom is 0.328 e. The predicted octanol–water partition coefficient (Wildman–Crippen LogP) is 0.886. The molecule has 1 amide bonds. The second-order valence-corrected chi connectivity index (χ2v) is 7.13. The molecule has 3 N–H and O–H groups in total. The minimum absolute atomic E-state index is 0.0433. The molecule has 0 aliphatic rings. The lowest BCUT2D eigenvalue weighted by atomic mass is 10.0. The molecule has 0 saturated heterocycles. The van der Waals surface area contributed by atoms with Crippen LogP contribution in [0.3, 0.4) is 0 Å². The molecule has 1 aromatic rings. The molecule has 0 bridgehead atoms. The van der Waals surface area contributed by atoms with E-state index < -0.39 is 27.4 Å². The van der Waals surface area contributed by atoms with E-state index >= 15 is 0 Å². The van der Waals surface area contributed by atoms with Crippen molar-refractivity contribution >= 4 is 21.9 Å². The first-order valence-corrected chi connectivity index (χ1v) is 8.16. The molecule has 0 aliphatic carbocycles. The van der Waals surface area contributed by atoms with Crippen molar-refractivity contribution in [2.75, 3.05) is 6.54 Å². The Kier molecular flexibility index (Phi) is 5.31. The average Bonchev–Trinajstić information content (AvgIpc) is 2.37. The molecular weight excluding hydrogens is 308 g/mol. The molecule has 0 saturated carbocycles. The zero-order valence-corrected chi connectivity index (χ0v) is 13.7. The first-order valence-electron chi connectivity index (χ1n) is 6.67. The summed E-state index contributed by atoms with van der Waals surface area (Å²) in [6, 6.07) is 4.14. The number of aryl methyl sites for hydroxylation is 1. The third-order valence-electron chi connectivity index (χ3n) is 3.06. The second kappa shape index (κ2) is 6.45. The van der Waals surface area contributed by atoms with E-state index in [9.17, 15) is 18.0 Å². The standard InChI is InChI=1S/C14H20N2O5S/c1-5-15-22(20,21)10-7-6-9(2)11(8-10)12(17)16-14(3,4)13(18)19/h6-8,15H,5H2,1-4H3,(H,16,17)(H,18,19). The van der Waals surface area contributed by atoms with Gasteiger partial charge in [-0.1, -0.05) is 13.0 Å². The van der Waals surface area contributed by atoms with Gasteiger partial charge in [0.1, 0.15) is 5.54 Å². The van der Waals surface area contributed by atoms with Crippen LogP contribution in [0.4, 0.5) is 0 Å². The van der Waals surface area contributed by atoms with E-state index in [1.54, 1.807) is 13.8 Å². The average molecular weight is 328 g/mol. The molecule has 0 heterocycles. The van der Waals surface area contributed by atoms with Gasteiger partial charge in [0.2, 0.25) is 10.0 Å². The van der Waals surface area contributed by atoms with Crippen molar-refractivity contribution in [3.05, 3.63) is 29.3 Å². The number of amides is 1. The molecule has 1 rings (SSSR count). The van der Waals surface area contributed by atoms with Gasteiger partial charge in [-0.25, -0.2) is 17.9 Å². The Morgan fingerprint density at radius 1 is 1.27 bits per heavy atom. The number of sulfonamides is 1. The molecule has 0 spiro atoms.